The molecule has 4 rings (SSSR count). The highest BCUT2D eigenvalue weighted by Crippen LogP contribution is 2.33. The summed E-state index contributed by atoms with van der Waals surface area (Å²) in [5, 5.41) is 5.36. The Bertz CT molecular complexity index is 1610. The van der Waals surface area contributed by atoms with E-state index < -0.39 is 47.9 Å². The molecule has 0 fully saturated rings. The maximum atomic E-state index is 15.4. The number of ether oxygens (including phenoxy) is 1. The first-order valence-electron chi connectivity index (χ1n) is 14.1. The Morgan fingerprint density at radius 1 is 1.02 bits per heavy atom. The highest BCUT2D eigenvalue weighted by molar-refractivity contribution is 5.96. The fraction of sp³-hybridized carbons (Fsp3) is 0.344. The van der Waals surface area contributed by atoms with Gasteiger partial charge >= 0.3 is 5.97 Å². The summed E-state index contributed by atoms with van der Waals surface area (Å²) in [4.78, 5) is 47.4. The topological polar surface area (TPSA) is 115 Å². The van der Waals surface area contributed by atoms with Crippen molar-refractivity contribution in [3.8, 4) is 11.1 Å². The van der Waals surface area contributed by atoms with Gasteiger partial charge in [0.25, 0.3) is 5.91 Å². The molecule has 0 spiro atoms. The number of halogens is 2. The fourth-order valence-electron chi connectivity index (χ4n) is 5.28. The zero-order valence-corrected chi connectivity index (χ0v) is 24.8. The molecule has 0 aliphatic carbocycles. The molecule has 2 aromatic carbocycles. The molecular weight excluding hydrogens is 556 g/mol. The van der Waals surface area contributed by atoms with Crippen LogP contribution < -0.4 is 10.6 Å². The lowest BCUT2D eigenvalue weighted by Gasteiger charge is -2.24. The van der Waals surface area contributed by atoms with Crippen LogP contribution >= 0.6 is 0 Å². The number of esters is 1. The fourth-order valence-corrected chi connectivity index (χ4v) is 5.28. The molecule has 4 aromatic rings. The second-order valence-corrected chi connectivity index (χ2v) is 10.5. The number of fused-ring (bicyclic) bond motifs is 1. The van der Waals surface area contributed by atoms with Crippen LogP contribution in [0.25, 0.3) is 16.8 Å². The van der Waals surface area contributed by atoms with Crippen molar-refractivity contribution in [2.45, 2.75) is 66.0 Å². The number of nitrogens with one attached hydrogen (secondary N) is 2. The van der Waals surface area contributed by atoms with Crippen molar-refractivity contribution in [3.63, 3.8) is 0 Å². The van der Waals surface area contributed by atoms with E-state index in [4.69, 9.17) is 4.74 Å². The molecule has 2 aromatic heterocycles. The number of hydrogen-bond donors (Lipinski definition) is 2. The minimum absolute atomic E-state index is 0.0706. The Morgan fingerprint density at radius 3 is 2.40 bits per heavy atom. The molecule has 0 radical (unpaired) electrons. The summed E-state index contributed by atoms with van der Waals surface area (Å²) < 4.78 is 37.2. The Morgan fingerprint density at radius 2 is 1.74 bits per heavy atom. The smallest absolute Gasteiger partial charge is 0.308 e. The number of amides is 2. The third-order valence-corrected chi connectivity index (χ3v) is 7.09. The molecule has 2 heterocycles. The first-order valence-corrected chi connectivity index (χ1v) is 14.1. The van der Waals surface area contributed by atoms with Gasteiger partial charge in [-0.3, -0.25) is 19.4 Å². The van der Waals surface area contributed by atoms with Gasteiger partial charge in [-0.1, -0.05) is 31.0 Å². The lowest BCUT2D eigenvalue weighted by Crippen LogP contribution is -2.48. The molecule has 0 saturated heterocycles. The van der Waals surface area contributed by atoms with Gasteiger partial charge in [0.2, 0.25) is 5.91 Å². The van der Waals surface area contributed by atoms with Crippen LogP contribution in [0.2, 0.25) is 0 Å². The van der Waals surface area contributed by atoms with E-state index in [0.717, 1.165) is 28.3 Å². The minimum Gasteiger partial charge on any atom is -0.466 e. The first-order chi connectivity index (χ1) is 20.5. The largest absolute Gasteiger partial charge is 0.466 e. The van der Waals surface area contributed by atoms with Crippen LogP contribution in [0, 0.1) is 32.4 Å². The molecule has 0 saturated carbocycles. The van der Waals surface area contributed by atoms with E-state index in [1.807, 2.05) is 39.8 Å². The van der Waals surface area contributed by atoms with Crippen molar-refractivity contribution in [1.82, 2.24) is 25.0 Å². The molecular formula is C32H35F2N5O4. The third kappa shape index (κ3) is 7.22. The third-order valence-electron chi connectivity index (χ3n) is 7.09. The van der Waals surface area contributed by atoms with E-state index in [0.29, 0.717) is 17.6 Å². The monoisotopic (exact) mass is 591 g/mol. The van der Waals surface area contributed by atoms with Crippen LogP contribution in [-0.4, -0.2) is 44.8 Å². The van der Waals surface area contributed by atoms with Crippen LogP contribution in [0.5, 0.6) is 0 Å². The van der Waals surface area contributed by atoms with Crippen molar-refractivity contribution >= 4 is 23.4 Å². The summed E-state index contributed by atoms with van der Waals surface area (Å²) in [6.45, 7) is 9.24. The van der Waals surface area contributed by atoms with E-state index >= 15 is 8.78 Å². The SMILES string of the molecule is CCC[C@H](NC(=O)c1cn2ccncc2n1)C(=O)N[C@@H](CC(=O)OCC)c1cc(-c2c(C)cc(C)cc2C)cc(F)c1F. The average molecular weight is 592 g/mol. The molecule has 2 amide bonds. The van der Waals surface area contributed by atoms with E-state index in [1.165, 1.54) is 18.5 Å². The van der Waals surface area contributed by atoms with Crippen LogP contribution in [0.15, 0.2) is 49.1 Å². The average Bonchev–Trinajstić information content (AvgIpc) is 3.38. The Kier molecular flexibility index (Phi) is 9.84. The lowest BCUT2D eigenvalue weighted by molar-refractivity contribution is -0.143. The van der Waals surface area contributed by atoms with Crippen molar-refractivity contribution in [2.24, 2.45) is 0 Å². The molecule has 43 heavy (non-hydrogen) atoms. The number of carbonyl (C=O) groups is 3. The van der Waals surface area contributed by atoms with Gasteiger partial charge in [-0.15, -0.1) is 0 Å². The number of benzene rings is 2. The predicted molar refractivity (Wildman–Crippen MR) is 157 cm³/mol. The van der Waals surface area contributed by atoms with E-state index in [-0.39, 0.29) is 24.3 Å². The van der Waals surface area contributed by atoms with Gasteiger partial charge in [0.05, 0.1) is 25.3 Å². The Hall–Kier alpha value is -4.67. The van der Waals surface area contributed by atoms with Gasteiger partial charge in [0.15, 0.2) is 17.3 Å². The summed E-state index contributed by atoms with van der Waals surface area (Å²) in [6, 6.07) is 4.13. The number of aromatic nitrogens is 3. The predicted octanol–water partition coefficient (Wildman–Crippen LogP) is 5.31. The number of rotatable bonds is 11. The van der Waals surface area contributed by atoms with Crippen LogP contribution in [0.4, 0.5) is 8.78 Å². The summed E-state index contributed by atoms with van der Waals surface area (Å²) in [5.74, 6) is -4.26. The van der Waals surface area contributed by atoms with E-state index in [2.05, 4.69) is 20.6 Å². The summed E-state index contributed by atoms with van der Waals surface area (Å²) in [5.41, 5.74) is 4.23. The number of aryl methyl sites for hydroxylation is 3. The van der Waals surface area contributed by atoms with Crippen LogP contribution in [0.1, 0.15) is 71.9 Å². The van der Waals surface area contributed by atoms with Crippen molar-refractivity contribution < 1.29 is 27.9 Å². The van der Waals surface area contributed by atoms with Crippen molar-refractivity contribution in [1.29, 1.82) is 0 Å². The lowest BCUT2D eigenvalue weighted by atomic mass is 9.91. The summed E-state index contributed by atoms with van der Waals surface area (Å²) in [6.07, 6.45) is 6.52. The van der Waals surface area contributed by atoms with Gasteiger partial charge in [0.1, 0.15) is 11.7 Å². The highest BCUT2D eigenvalue weighted by Gasteiger charge is 2.29. The Balaban J connectivity index is 1.67. The maximum absolute atomic E-state index is 15.4. The molecule has 0 aliphatic rings. The normalized spacial score (nSPS) is 12.5. The van der Waals surface area contributed by atoms with E-state index in [9.17, 15) is 14.4 Å². The molecule has 0 bridgehead atoms. The zero-order chi connectivity index (χ0) is 31.3. The van der Waals surface area contributed by atoms with Gasteiger partial charge < -0.3 is 19.8 Å². The molecule has 2 atom stereocenters. The quantitative estimate of drug-likeness (QED) is 0.229. The highest BCUT2D eigenvalue weighted by atomic mass is 19.2. The second kappa shape index (κ2) is 13.5. The van der Waals surface area contributed by atoms with Crippen molar-refractivity contribution in [3.05, 3.63) is 88.6 Å². The minimum atomic E-state index is -1.27. The molecule has 11 heteroatoms. The molecule has 0 aliphatic heterocycles. The van der Waals surface area contributed by atoms with Gasteiger partial charge in [-0.2, -0.15) is 0 Å². The van der Waals surface area contributed by atoms with Crippen LogP contribution in [-0.2, 0) is 14.3 Å². The van der Waals surface area contributed by atoms with Gasteiger partial charge in [0, 0.05) is 24.2 Å². The standard InChI is InChI=1S/C32H35F2N5O4/c1-6-8-24(37-32(42)26-17-39-10-9-35-16-27(39)36-26)31(41)38-25(15-28(40)43-7-2)22-13-21(14-23(33)30(22)34)29-19(4)11-18(3)12-20(29)5/h9-14,16-17,24-25H,6-8,15H2,1-5H3,(H,37,42)(H,38,41)/t24-,25-/m0/s1. The number of hydrogen-bond acceptors (Lipinski definition) is 6. The molecule has 2 N–H and O–H groups in total. The number of nitrogens with zero attached hydrogens (tertiary/aromatic N) is 3. The number of imidazole rings is 1. The zero-order valence-electron chi connectivity index (χ0n) is 24.8. The first kappa shape index (κ1) is 31.3. The van der Waals surface area contributed by atoms with Crippen LogP contribution in [0.3, 0.4) is 0 Å². The number of carbonyl (C=O) groups excluding carboxylic acids is 3. The molecule has 226 valence electrons. The van der Waals surface area contributed by atoms with E-state index in [1.54, 1.807) is 23.7 Å². The summed E-state index contributed by atoms with van der Waals surface area (Å²) >= 11 is 0. The maximum Gasteiger partial charge on any atom is 0.308 e. The summed E-state index contributed by atoms with van der Waals surface area (Å²) in [7, 11) is 0. The second-order valence-electron chi connectivity index (χ2n) is 10.5. The molecule has 0 unspecified atom stereocenters. The molecule has 9 nitrogen and oxygen atoms in total. The van der Waals surface area contributed by atoms with Crippen molar-refractivity contribution in [2.75, 3.05) is 6.61 Å². The van der Waals surface area contributed by atoms with Gasteiger partial charge in [-0.25, -0.2) is 13.8 Å². The Labute approximate surface area is 248 Å². The van der Waals surface area contributed by atoms with Gasteiger partial charge in [-0.05, 0) is 68.5 Å².